The molecule has 0 aliphatic heterocycles. The number of aromatic nitrogens is 2. The topological polar surface area (TPSA) is 59.3 Å². The maximum atomic E-state index is 8.80. The van der Waals surface area contributed by atoms with Crippen molar-refractivity contribution >= 4 is 33.0 Å². The van der Waals surface area contributed by atoms with E-state index in [-0.39, 0.29) is 6.61 Å². The third-order valence-electron chi connectivity index (χ3n) is 2.32. The maximum Gasteiger partial charge on any atom is 0.188 e. The maximum absolute atomic E-state index is 8.80. The molecule has 0 fully saturated rings. The van der Waals surface area contributed by atoms with Gasteiger partial charge in [-0.25, -0.2) is 0 Å². The van der Waals surface area contributed by atoms with Gasteiger partial charge in [-0.3, -0.25) is 4.68 Å². The smallest absolute Gasteiger partial charge is 0.188 e. The van der Waals surface area contributed by atoms with Gasteiger partial charge in [0.05, 0.1) is 36.6 Å². The van der Waals surface area contributed by atoms with Crippen molar-refractivity contribution in [3.8, 4) is 5.06 Å². The van der Waals surface area contributed by atoms with Crippen molar-refractivity contribution in [1.82, 2.24) is 9.78 Å². The fourth-order valence-corrected chi connectivity index (χ4v) is 3.12. The van der Waals surface area contributed by atoms with E-state index in [0.717, 1.165) is 21.8 Å². The number of anilines is 1. The minimum absolute atomic E-state index is 0.0934. The SMILES string of the molecule is COc1sc(CNc2cnn(CCO)c2)cc1Br. The van der Waals surface area contributed by atoms with Gasteiger partial charge in [0.2, 0.25) is 0 Å². The number of methoxy groups -OCH3 is 1. The number of halogens is 1. The molecule has 0 radical (unpaired) electrons. The van der Waals surface area contributed by atoms with Gasteiger partial charge in [0, 0.05) is 17.6 Å². The summed E-state index contributed by atoms with van der Waals surface area (Å²) < 4.78 is 7.89. The van der Waals surface area contributed by atoms with E-state index in [4.69, 9.17) is 9.84 Å². The van der Waals surface area contributed by atoms with Gasteiger partial charge in [-0.1, -0.05) is 0 Å². The third kappa shape index (κ3) is 3.24. The fraction of sp³-hybridized carbons (Fsp3) is 0.364. The van der Waals surface area contributed by atoms with Gasteiger partial charge in [-0.2, -0.15) is 5.10 Å². The Kier molecular flexibility index (Phi) is 4.62. The average molecular weight is 332 g/mol. The van der Waals surface area contributed by atoms with Crippen LogP contribution in [0.25, 0.3) is 0 Å². The van der Waals surface area contributed by atoms with Crippen LogP contribution in [0, 0.1) is 0 Å². The van der Waals surface area contributed by atoms with E-state index in [1.165, 1.54) is 4.88 Å². The molecule has 0 saturated carbocycles. The summed E-state index contributed by atoms with van der Waals surface area (Å²) >= 11 is 5.04. The summed E-state index contributed by atoms with van der Waals surface area (Å²) in [6.07, 6.45) is 3.62. The van der Waals surface area contributed by atoms with Gasteiger partial charge in [0.15, 0.2) is 5.06 Å². The summed E-state index contributed by atoms with van der Waals surface area (Å²) in [5.41, 5.74) is 0.937. The zero-order valence-corrected chi connectivity index (χ0v) is 12.3. The molecule has 0 aliphatic carbocycles. The Balaban J connectivity index is 1.93. The predicted octanol–water partition coefficient (Wildman–Crippen LogP) is 2.32. The highest BCUT2D eigenvalue weighted by molar-refractivity contribution is 9.10. The quantitative estimate of drug-likeness (QED) is 0.852. The molecule has 98 valence electrons. The van der Waals surface area contributed by atoms with Crippen molar-refractivity contribution in [2.45, 2.75) is 13.1 Å². The molecule has 0 aliphatic rings. The molecule has 0 amide bonds. The first-order valence-corrected chi connectivity index (χ1v) is 7.03. The summed E-state index contributed by atoms with van der Waals surface area (Å²) in [5, 5.41) is 17.1. The van der Waals surface area contributed by atoms with Crippen LogP contribution in [0.5, 0.6) is 5.06 Å². The second-order valence-electron chi connectivity index (χ2n) is 3.62. The van der Waals surface area contributed by atoms with E-state index in [0.29, 0.717) is 6.54 Å². The number of aliphatic hydroxyl groups is 1. The van der Waals surface area contributed by atoms with Crippen LogP contribution in [-0.2, 0) is 13.1 Å². The van der Waals surface area contributed by atoms with Crippen molar-refractivity contribution in [1.29, 1.82) is 0 Å². The van der Waals surface area contributed by atoms with E-state index in [1.807, 2.05) is 12.3 Å². The lowest BCUT2D eigenvalue weighted by atomic mass is 10.4. The summed E-state index contributed by atoms with van der Waals surface area (Å²) in [4.78, 5) is 1.17. The van der Waals surface area contributed by atoms with Gasteiger partial charge in [0.1, 0.15) is 0 Å². The number of hydrogen-bond acceptors (Lipinski definition) is 5. The zero-order valence-electron chi connectivity index (χ0n) is 9.89. The lowest BCUT2D eigenvalue weighted by molar-refractivity contribution is 0.269. The Labute approximate surface area is 118 Å². The predicted molar refractivity (Wildman–Crippen MR) is 75.2 cm³/mol. The molecule has 0 aromatic carbocycles. The van der Waals surface area contributed by atoms with E-state index in [1.54, 1.807) is 29.3 Å². The van der Waals surface area contributed by atoms with E-state index < -0.39 is 0 Å². The molecular weight excluding hydrogens is 318 g/mol. The van der Waals surface area contributed by atoms with Gasteiger partial charge < -0.3 is 15.2 Å². The van der Waals surface area contributed by atoms with Crippen LogP contribution < -0.4 is 10.1 Å². The van der Waals surface area contributed by atoms with Gasteiger partial charge in [-0.15, -0.1) is 11.3 Å². The Bertz CT molecular complexity index is 512. The van der Waals surface area contributed by atoms with Crippen molar-refractivity contribution < 1.29 is 9.84 Å². The van der Waals surface area contributed by atoms with Crippen molar-refractivity contribution in [3.05, 3.63) is 27.8 Å². The minimum atomic E-state index is 0.0934. The molecule has 0 spiro atoms. The molecule has 2 rings (SSSR count). The largest absolute Gasteiger partial charge is 0.486 e. The molecule has 5 nitrogen and oxygen atoms in total. The molecule has 0 saturated heterocycles. The molecule has 0 atom stereocenters. The number of nitrogens with zero attached hydrogens (tertiary/aromatic N) is 2. The third-order valence-corrected chi connectivity index (χ3v) is 4.27. The second-order valence-corrected chi connectivity index (χ2v) is 5.58. The van der Waals surface area contributed by atoms with Gasteiger partial charge >= 0.3 is 0 Å². The van der Waals surface area contributed by atoms with Crippen molar-refractivity contribution in [2.75, 3.05) is 19.0 Å². The summed E-state index contributed by atoms with van der Waals surface area (Å²) in [6.45, 7) is 1.33. The second kappa shape index (κ2) is 6.21. The van der Waals surface area contributed by atoms with Crippen LogP contribution in [-0.4, -0.2) is 28.6 Å². The molecular formula is C11H14BrN3O2S. The zero-order chi connectivity index (χ0) is 13.0. The molecule has 18 heavy (non-hydrogen) atoms. The van der Waals surface area contributed by atoms with Crippen LogP contribution in [0.4, 0.5) is 5.69 Å². The molecule has 2 aromatic heterocycles. The molecule has 0 unspecified atom stereocenters. The van der Waals surface area contributed by atoms with Gasteiger partial charge in [0.25, 0.3) is 0 Å². The lowest BCUT2D eigenvalue weighted by Gasteiger charge is -2.00. The number of aliphatic hydroxyl groups excluding tert-OH is 1. The molecule has 0 bridgehead atoms. The van der Waals surface area contributed by atoms with Crippen LogP contribution in [0.15, 0.2) is 22.9 Å². The molecule has 2 heterocycles. The van der Waals surface area contributed by atoms with Crippen LogP contribution >= 0.6 is 27.3 Å². The Hall–Kier alpha value is -1.05. The van der Waals surface area contributed by atoms with Crippen molar-refractivity contribution in [2.24, 2.45) is 0 Å². The molecule has 7 heteroatoms. The monoisotopic (exact) mass is 331 g/mol. The molecule has 2 aromatic rings. The minimum Gasteiger partial charge on any atom is -0.486 e. The standard InChI is InChI=1S/C11H14BrN3O2S/c1-17-11-10(12)4-9(18-11)6-13-8-5-14-15(7-8)2-3-16/h4-5,7,13,16H,2-3,6H2,1H3. The van der Waals surface area contributed by atoms with E-state index in [2.05, 4.69) is 26.3 Å². The normalized spacial score (nSPS) is 10.6. The number of rotatable bonds is 6. The summed E-state index contributed by atoms with van der Waals surface area (Å²) in [6, 6.07) is 2.04. The highest BCUT2D eigenvalue weighted by Crippen LogP contribution is 2.34. The van der Waals surface area contributed by atoms with E-state index >= 15 is 0 Å². The first-order chi connectivity index (χ1) is 8.72. The first-order valence-electron chi connectivity index (χ1n) is 5.42. The van der Waals surface area contributed by atoms with Gasteiger partial charge in [-0.05, 0) is 22.0 Å². The Morgan fingerprint density at radius 1 is 1.61 bits per heavy atom. The highest BCUT2D eigenvalue weighted by Gasteiger charge is 2.07. The Morgan fingerprint density at radius 2 is 2.44 bits per heavy atom. The van der Waals surface area contributed by atoms with Crippen LogP contribution in [0.3, 0.4) is 0 Å². The number of hydrogen-bond donors (Lipinski definition) is 2. The summed E-state index contributed by atoms with van der Waals surface area (Å²) in [7, 11) is 1.66. The fourth-order valence-electron chi connectivity index (χ4n) is 1.49. The van der Waals surface area contributed by atoms with E-state index in [9.17, 15) is 0 Å². The molecule has 2 N–H and O–H groups in total. The van der Waals surface area contributed by atoms with Crippen LogP contribution in [0.2, 0.25) is 0 Å². The number of ether oxygens (including phenoxy) is 1. The number of thiophene rings is 1. The van der Waals surface area contributed by atoms with Crippen LogP contribution in [0.1, 0.15) is 4.88 Å². The first kappa shape index (κ1) is 13.4. The summed E-state index contributed by atoms with van der Waals surface area (Å²) in [5.74, 6) is 0. The average Bonchev–Trinajstić information content (AvgIpc) is 2.94. The number of nitrogens with one attached hydrogen (secondary N) is 1. The highest BCUT2D eigenvalue weighted by atomic mass is 79.9. The lowest BCUT2D eigenvalue weighted by Crippen LogP contribution is -2.01. The Morgan fingerprint density at radius 3 is 3.11 bits per heavy atom. The van der Waals surface area contributed by atoms with Crippen molar-refractivity contribution in [3.63, 3.8) is 0 Å².